The number of fused-ring (bicyclic) bond motifs is 3. The molecule has 6 saturated carbocycles. The smallest absolute Gasteiger partial charge is 0.252 e. The van der Waals surface area contributed by atoms with Gasteiger partial charge in [-0.2, -0.15) is 5.01 Å². The molecule has 7 aliphatic carbocycles. The number of nitrogens with zero attached hydrogens (tertiary/aromatic N) is 1. The van der Waals surface area contributed by atoms with Gasteiger partial charge in [0, 0.05) is 0 Å². The van der Waals surface area contributed by atoms with Crippen molar-refractivity contribution in [2.24, 2.45) is 52.3 Å². The molecule has 6 bridgehead atoms. The Labute approximate surface area is 158 Å². The number of nitrogens with one attached hydrogen (secondary N) is 1. The summed E-state index contributed by atoms with van der Waals surface area (Å²) in [7, 11) is 0. The Bertz CT molecular complexity index is 756. The lowest BCUT2D eigenvalue weighted by molar-refractivity contribution is -0.160. The third kappa shape index (κ3) is 1.67. The highest BCUT2D eigenvalue weighted by atomic mass is 16.2. The van der Waals surface area contributed by atoms with Crippen molar-refractivity contribution in [2.75, 3.05) is 0 Å². The van der Waals surface area contributed by atoms with Gasteiger partial charge in [0.1, 0.15) is 0 Å². The van der Waals surface area contributed by atoms with Gasteiger partial charge in [0.2, 0.25) is 5.91 Å². The molecule has 7 fully saturated rings. The fourth-order valence-corrected chi connectivity index (χ4v) is 8.80. The summed E-state index contributed by atoms with van der Waals surface area (Å²) >= 11 is 0. The van der Waals surface area contributed by atoms with Crippen molar-refractivity contribution in [3.05, 3.63) is 12.2 Å². The van der Waals surface area contributed by atoms with Gasteiger partial charge in [-0.3, -0.25) is 19.8 Å². The molecular weight excluding hydrogens is 340 g/mol. The van der Waals surface area contributed by atoms with Crippen LogP contribution in [0.5, 0.6) is 0 Å². The van der Waals surface area contributed by atoms with Crippen LogP contribution in [0.2, 0.25) is 0 Å². The first-order chi connectivity index (χ1) is 13.0. The van der Waals surface area contributed by atoms with E-state index in [1.54, 1.807) is 0 Å². The molecule has 1 aliphatic heterocycles. The zero-order chi connectivity index (χ0) is 18.1. The van der Waals surface area contributed by atoms with Crippen LogP contribution in [0, 0.1) is 52.3 Å². The van der Waals surface area contributed by atoms with Crippen molar-refractivity contribution in [2.45, 2.75) is 51.4 Å². The summed E-state index contributed by atoms with van der Waals surface area (Å²) in [6.07, 6.45) is 13.3. The fraction of sp³-hybridized carbons (Fsp3) is 0.773. The number of rotatable bonds is 2. The first kappa shape index (κ1) is 15.3. The number of hydrogen-bond acceptors (Lipinski definition) is 3. The maximum atomic E-state index is 13.3. The van der Waals surface area contributed by atoms with Crippen molar-refractivity contribution in [1.82, 2.24) is 10.4 Å². The normalized spacial score (nSPS) is 52.1. The second kappa shape index (κ2) is 4.49. The third-order valence-corrected chi connectivity index (χ3v) is 9.59. The summed E-state index contributed by atoms with van der Waals surface area (Å²) in [6, 6.07) is 0. The molecule has 0 radical (unpaired) electrons. The molecule has 8 rings (SSSR count). The molecular formula is C22H26N2O3. The predicted molar refractivity (Wildman–Crippen MR) is 95.4 cm³/mol. The van der Waals surface area contributed by atoms with Crippen LogP contribution in [0.1, 0.15) is 51.4 Å². The molecule has 5 heteroatoms. The second-order valence-corrected chi connectivity index (χ2v) is 10.9. The summed E-state index contributed by atoms with van der Waals surface area (Å²) in [4.78, 5) is 39.6. The number of carbonyl (C=O) groups excluding carboxylic acids is 3. The van der Waals surface area contributed by atoms with Crippen LogP contribution in [-0.2, 0) is 14.4 Å². The Hall–Kier alpha value is -1.65. The predicted octanol–water partition coefficient (Wildman–Crippen LogP) is 2.43. The molecule has 4 atom stereocenters. The fourth-order valence-electron chi connectivity index (χ4n) is 8.80. The van der Waals surface area contributed by atoms with E-state index in [1.807, 2.05) is 0 Å². The Morgan fingerprint density at radius 2 is 1.37 bits per heavy atom. The van der Waals surface area contributed by atoms with Crippen LogP contribution < -0.4 is 5.43 Å². The highest BCUT2D eigenvalue weighted by Gasteiger charge is 2.73. The maximum Gasteiger partial charge on any atom is 0.252 e. The monoisotopic (exact) mass is 366 g/mol. The van der Waals surface area contributed by atoms with Crippen molar-refractivity contribution in [3.8, 4) is 0 Å². The number of carbonyl (C=O) groups is 3. The zero-order valence-corrected chi connectivity index (χ0v) is 15.5. The molecule has 1 saturated heterocycles. The largest absolute Gasteiger partial charge is 0.273 e. The van der Waals surface area contributed by atoms with Gasteiger partial charge < -0.3 is 0 Å². The topological polar surface area (TPSA) is 66.5 Å². The van der Waals surface area contributed by atoms with Crippen LogP contribution in [0.3, 0.4) is 0 Å². The molecule has 0 aromatic carbocycles. The van der Waals surface area contributed by atoms with E-state index in [1.165, 1.54) is 19.3 Å². The summed E-state index contributed by atoms with van der Waals surface area (Å²) in [5, 5.41) is 1.14. The van der Waals surface area contributed by atoms with Crippen molar-refractivity contribution in [3.63, 3.8) is 0 Å². The number of allylic oxidation sites excluding steroid dienone is 2. The summed E-state index contributed by atoms with van der Waals surface area (Å²) in [5.74, 6) is 1.62. The second-order valence-electron chi connectivity index (χ2n) is 10.9. The molecule has 3 amide bonds. The number of hydrogen-bond donors (Lipinski definition) is 1. The van der Waals surface area contributed by atoms with Crippen LogP contribution >= 0.6 is 0 Å². The molecule has 27 heavy (non-hydrogen) atoms. The Morgan fingerprint density at radius 3 is 1.81 bits per heavy atom. The van der Waals surface area contributed by atoms with Gasteiger partial charge in [0.25, 0.3) is 11.8 Å². The average molecular weight is 366 g/mol. The zero-order valence-electron chi connectivity index (χ0n) is 15.5. The first-order valence-corrected chi connectivity index (χ1v) is 10.9. The minimum atomic E-state index is -0.331. The van der Waals surface area contributed by atoms with Crippen LogP contribution in [0.15, 0.2) is 12.2 Å². The van der Waals surface area contributed by atoms with Crippen LogP contribution in [0.4, 0.5) is 0 Å². The van der Waals surface area contributed by atoms with Crippen LogP contribution in [0.25, 0.3) is 0 Å². The molecule has 1 N–H and O–H groups in total. The van der Waals surface area contributed by atoms with E-state index in [0.29, 0.717) is 17.8 Å². The summed E-state index contributed by atoms with van der Waals surface area (Å²) in [5.41, 5.74) is 2.72. The highest BCUT2D eigenvalue weighted by Crippen LogP contribution is 2.73. The van der Waals surface area contributed by atoms with E-state index in [4.69, 9.17) is 0 Å². The third-order valence-electron chi connectivity index (χ3n) is 9.59. The van der Waals surface area contributed by atoms with Gasteiger partial charge in [-0.25, -0.2) is 0 Å². The number of amides is 3. The molecule has 142 valence electrons. The lowest BCUT2D eigenvalue weighted by atomic mass is 9.49. The Kier molecular flexibility index (Phi) is 2.55. The number of hydrazine groups is 1. The SMILES string of the molecule is O=C1[C@H]2[C@H](C(=O)N1NC(=O)C13CC4CC(CC(C4)C1)C3)[C@H]1C=C[C@H]2C12CC2. The number of imide groups is 1. The van der Waals surface area contributed by atoms with E-state index in [0.717, 1.165) is 37.1 Å². The highest BCUT2D eigenvalue weighted by molar-refractivity contribution is 6.08. The van der Waals surface area contributed by atoms with E-state index in [-0.39, 0.29) is 52.2 Å². The van der Waals surface area contributed by atoms with Gasteiger partial charge >= 0.3 is 0 Å². The first-order valence-electron chi connectivity index (χ1n) is 10.9. The summed E-state index contributed by atoms with van der Waals surface area (Å²) < 4.78 is 0. The van der Waals surface area contributed by atoms with E-state index < -0.39 is 0 Å². The molecule has 8 aliphatic rings. The van der Waals surface area contributed by atoms with E-state index in [2.05, 4.69) is 17.6 Å². The minimum absolute atomic E-state index is 0.0512. The minimum Gasteiger partial charge on any atom is -0.273 e. The van der Waals surface area contributed by atoms with Gasteiger partial charge in [-0.15, -0.1) is 0 Å². The van der Waals surface area contributed by atoms with E-state index in [9.17, 15) is 14.4 Å². The van der Waals surface area contributed by atoms with Gasteiger partial charge in [-0.05, 0) is 86.4 Å². The molecule has 1 heterocycles. The Morgan fingerprint density at radius 1 is 0.889 bits per heavy atom. The summed E-state index contributed by atoms with van der Waals surface area (Å²) in [6.45, 7) is 0. The average Bonchev–Trinajstić information content (AvgIpc) is 3.23. The lowest BCUT2D eigenvalue weighted by Gasteiger charge is -2.55. The quantitative estimate of drug-likeness (QED) is 0.603. The van der Waals surface area contributed by atoms with E-state index >= 15 is 0 Å². The molecule has 0 aromatic heterocycles. The van der Waals surface area contributed by atoms with Gasteiger partial charge in [0.15, 0.2) is 0 Å². The standard InChI is InChI=1S/C22H26N2O3/c25-18-16-14-1-2-15(22(14)3-4-22)17(16)19(26)24(18)23-20(27)21-8-11-5-12(9-21)7-13(6-11)10-21/h1-2,11-17H,3-10H2,(H,23,27)/t11?,12?,13?,14-,15-,16-,17-,21?/m1/s1. The molecule has 0 unspecified atom stereocenters. The molecule has 1 spiro atoms. The maximum absolute atomic E-state index is 13.3. The van der Waals surface area contributed by atoms with Gasteiger partial charge in [-0.1, -0.05) is 12.2 Å². The Balaban J connectivity index is 1.16. The lowest BCUT2D eigenvalue weighted by Crippen LogP contribution is -2.58. The van der Waals surface area contributed by atoms with Crippen molar-refractivity contribution >= 4 is 17.7 Å². The van der Waals surface area contributed by atoms with Gasteiger partial charge in [0.05, 0.1) is 17.3 Å². The van der Waals surface area contributed by atoms with Crippen LogP contribution in [-0.4, -0.2) is 22.7 Å². The molecule has 0 aromatic rings. The van der Waals surface area contributed by atoms with Crippen molar-refractivity contribution < 1.29 is 14.4 Å². The molecule has 5 nitrogen and oxygen atoms in total. The van der Waals surface area contributed by atoms with Crippen molar-refractivity contribution in [1.29, 1.82) is 0 Å².